The number of aromatic nitrogens is 1. The molecule has 0 N–H and O–H groups in total. The van der Waals surface area contributed by atoms with E-state index >= 15 is 0 Å². The van der Waals surface area contributed by atoms with Crippen LogP contribution >= 0.6 is 11.6 Å². The van der Waals surface area contributed by atoms with Crippen molar-refractivity contribution >= 4 is 11.6 Å². The Morgan fingerprint density at radius 1 is 1.32 bits per heavy atom. The summed E-state index contributed by atoms with van der Waals surface area (Å²) < 4.78 is 40.3. The molecular weight excluding hydrogens is 316 g/mol. The zero-order chi connectivity index (χ0) is 15.5. The SMILES string of the molecule is FC(F)Oc1ccc(-c2nc(CCl)co2)cc1OCC1CC1. The molecular formula is C15H14ClF2NO3. The minimum absolute atomic E-state index is 0.00326. The van der Waals surface area contributed by atoms with E-state index in [-0.39, 0.29) is 17.4 Å². The maximum atomic E-state index is 12.5. The molecule has 0 atom stereocenters. The Labute approximate surface area is 131 Å². The number of hydrogen-bond acceptors (Lipinski definition) is 4. The summed E-state index contributed by atoms with van der Waals surface area (Å²) in [7, 11) is 0. The van der Waals surface area contributed by atoms with Crippen LogP contribution in [0.3, 0.4) is 0 Å². The monoisotopic (exact) mass is 329 g/mol. The van der Waals surface area contributed by atoms with E-state index in [2.05, 4.69) is 9.72 Å². The number of alkyl halides is 3. The van der Waals surface area contributed by atoms with Crippen molar-refractivity contribution in [2.45, 2.75) is 25.3 Å². The van der Waals surface area contributed by atoms with Crippen molar-refractivity contribution < 1.29 is 22.7 Å². The van der Waals surface area contributed by atoms with Crippen molar-refractivity contribution in [1.29, 1.82) is 0 Å². The van der Waals surface area contributed by atoms with Gasteiger partial charge in [0.2, 0.25) is 5.89 Å². The molecule has 1 saturated carbocycles. The molecule has 1 fully saturated rings. The minimum atomic E-state index is -2.90. The van der Waals surface area contributed by atoms with Gasteiger partial charge in [0.05, 0.1) is 18.2 Å². The van der Waals surface area contributed by atoms with Crippen molar-refractivity contribution in [2.75, 3.05) is 6.61 Å². The normalized spacial score (nSPS) is 14.4. The van der Waals surface area contributed by atoms with Crippen molar-refractivity contribution in [3.05, 3.63) is 30.2 Å². The standard InChI is InChI=1S/C15H14ClF2NO3/c16-6-11-8-21-14(19-11)10-3-4-12(22-15(17)18)13(5-10)20-7-9-1-2-9/h3-5,8-9,15H,1-2,6-7H2. The molecule has 22 heavy (non-hydrogen) atoms. The fourth-order valence-corrected chi connectivity index (χ4v) is 2.06. The molecule has 118 valence electrons. The topological polar surface area (TPSA) is 44.5 Å². The Bertz CT molecular complexity index is 643. The Hall–Kier alpha value is -1.82. The van der Waals surface area contributed by atoms with Gasteiger partial charge < -0.3 is 13.9 Å². The predicted molar refractivity (Wildman–Crippen MR) is 76.3 cm³/mol. The molecule has 3 rings (SSSR count). The van der Waals surface area contributed by atoms with Gasteiger partial charge in [0.25, 0.3) is 0 Å². The molecule has 4 nitrogen and oxygen atoms in total. The largest absolute Gasteiger partial charge is 0.489 e. The summed E-state index contributed by atoms with van der Waals surface area (Å²) in [6, 6.07) is 4.60. The Kier molecular flexibility index (Phi) is 4.47. The lowest BCUT2D eigenvalue weighted by Crippen LogP contribution is -2.06. The summed E-state index contributed by atoms with van der Waals surface area (Å²) in [5.41, 5.74) is 1.22. The molecule has 0 saturated heterocycles. The highest BCUT2D eigenvalue weighted by molar-refractivity contribution is 6.16. The molecule has 0 radical (unpaired) electrons. The average molecular weight is 330 g/mol. The quantitative estimate of drug-likeness (QED) is 0.703. The highest BCUT2D eigenvalue weighted by Crippen LogP contribution is 2.36. The first-order valence-electron chi connectivity index (χ1n) is 6.88. The van der Waals surface area contributed by atoms with Crippen LogP contribution in [-0.4, -0.2) is 18.2 Å². The molecule has 2 aromatic rings. The van der Waals surface area contributed by atoms with Gasteiger partial charge in [0.15, 0.2) is 11.5 Å². The number of hydrogen-bond donors (Lipinski definition) is 0. The zero-order valence-corrected chi connectivity index (χ0v) is 12.4. The number of oxazole rings is 1. The molecule has 0 bridgehead atoms. The van der Waals surface area contributed by atoms with Crippen LogP contribution in [0.5, 0.6) is 11.5 Å². The van der Waals surface area contributed by atoms with Crippen molar-refractivity contribution in [3.63, 3.8) is 0 Å². The lowest BCUT2D eigenvalue weighted by atomic mass is 10.2. The first-order valence-corrected chi connectivity index (χ1v) is 7.41. The lowest BCUT2D eigenvalue weighted by molar-refractivity contribution is -0.0515. The minimum Gasteiger partial charge on any atom is -0.489 e. The summed E-state index contributed by atoms with van der Waals surface area (Å²) in [4.78, 5) is 4.20. The van der Waals surface area contributed by atoms with E-state index in [4.69, 9.17) is 20.8 Å². The van der Waals surface area contributed by atoms with E-state index in [1.54, 1.807) is 12.1 Å². The van der Waals surface area contributed by atoms with E-state index in [1.807, 2.05) is 0 Å². The molecule has 0 unspecified atom stereocenters. The molecule has 1 aromatic carbocycles. The van der Waals surface area contributed by atoms with E-state index in [0.29, 0.717) is 29.7 Å². The zero-order valence-electron chi connectivity index (χ0n) is 11.6. The maximum Gasteiger partial charge on any atom is 0.387 e. The van der Waals surface area contributed by atoms with Crippen LogP contribution in [-0.2, 0) is 5.88 Å². The smallest absolute Gasteiger partial charge is 0.387 e. The molecule has 1 heterocycles. The molecule has 7 heteroatoms. The van der Waals surface area contributed by atoms with Crippen molar-refractivity contribution in [2.24, 2.45) is 5.92 Å². The third-order valence-corrected chi connectivity index (χ3v) is 3.54. The number of rotatable bonds is 7. The van der Waals surface area contributed by atoms with E-state index in [0.717, 1.165) is 12.8 Å². The maximum absolute atomic E-state index is 12.5. The number of nitrogens with zero attached hydrogens (tertiary/aromatic N) is 1. The van der Waals surface area contributed by atoms with Gasteiger partial charge in [0.1, 0.15) is 6.26 Å². The molecule has 0 amide bonds. The van der Waals surface area contributed by atoms with Crippen LogP contribution in [0.4, 0.5) is 8.78 Å². The summed E-state index contributed by atoms with van der Waals surface area (Å²) in [5.74, 6) is 1.35. The van der Waals surface area contributed by atoms with Gasteiger partial charge in [-0.3, -0.25) is 0 Å². The van der Waals surface area contributed by atoms with E-state index < -0.39 is 6.61 Å². The summed E-state index contributed by atoms with van der Waals surface area (Å²) in [6.07, 6.45) is 3.66. The van der Waals surface area contributed by atoms with Crippen LogP contribution in [0.1, 0.15) is 18.5 Å². The summed E-state index contributed by atoms with van der Waals surface area (Å²) in [5, 5.41) is 0. The number of benzene rings is 1. The van der Waals surface area contributed by atoms with Gasteiger partial charge in [-0.05, 0) is 37.0 Å². The fraction of sp³-hybridized carbons (Fsp3) is 0.400. The van der Waals surface area contributed by atoms with Crippen LogP contribution < -0.4 is 9.47 Å². The van der Waals surface area contributed by atoms with Crippen molar-refractivity contribution in [3.8, 4) is 23.0 Å². The second-order valence-corrected chi connectivity index (χ2v) is 5.34. The highest BCUT2D eigenvalue weighted by atomic mass is 35.5. The van der Waals surface area contributed by atoms with Gasteiger partial charge in [-0.15, -0.1) is 11.6 Å². The van der Waals surface area contributed by atoms with E-state index in [1.165, 1.54) is 12.3 Å². The second-order valence-electron chi connectivity index (χ2n) is 5.07. The predicted octanol–water partition coefficient (Wildman–Crippen LogP) is 4.47. The van der Waals surface area contributed by atoms with Crippen LogP contribution in [0, 0.1) is 5.92 Å². The third-order valence-electron chi connectivity index (χ3n) is 3.27. The first kappa shape index (κ1) is 15.1. The highest BCUT2D eigenvalue weighted by Gasteiger charge is 2.23. The third kappa shape index (κ3) is 3.68. The van der Waals surface area contributed by atoms with Gasteiger partial charge in [-0.25, -0.2) is 4.98 Å². The van der Waals surface area contributed by atoms with Gasteiger partial charge in [0, 0.05) is 5.56 Å². The summed E-state index contributed by atoms with van der Waals surface area (Å²) in [6.45, 7) is -2.42. The summed E-state index contributed by atoms with van der Waals surface area (Å²) >= 11 is 5.68. The Balaban J connectivity index is 1.85. The molecule has 1 aromatic heterocycles. The average Bonchev–Trinajstić information content (AvgIpc) is 3.20. The second kappa shape index (κ2) is 6.52. The molecule has 0 spiro atoms. The van der Waals surface area contributed by atoms with E-state index in [9.17, 15) is 8.78 Å². The number of ether oxygens (including phenoxy) is 2. The Morgan fingerprint density at radius 3 is 2.77 bits per heavy atom. The molecule has 1 aliphatic carbocycles. The Morgan fingerprint density at radius 2 is 2.14 bits per heavy atom. The first-order chi connectivity index (χ1) is 10.7. The van der Waals surface area contributed by atoms with Crippen molar-refractivity contribution in [1.82, 2.24) is 4.98 Å². The van der Waals surface area contributed by atoms with Crippen LogP contribution in [0.25, 0.3) is 11.5 Å². The van der Waals surface area contributed by atoms with Gasteiger partial charge in [-0.1, -0.05) is 0 Å². The van der Waals surface area contributed by atoms with Gasteiger partial charge >= 0.3 is 6.61 Å². The molecule has 0 aliphatic heterocycles. The molecule has 1 aliphatic rings. The fourth-order valence-electron chi connectivity index (χ4n) is 1.94. The number of halogens is 3. The lowest BCUT2D eigenvalue weighted by Gasteiger charge is -2.12. The van der Waals surface area contributed by atoms with Crippen LogP contribution in [0.2, 0.25) is 0 Å². The van der Waals surface area contributed by atoms with Gasteiger partial charge in [-0.2, -0.15) is 8.78 Å². The van der Waals surface area contributed by atoms with Crippen LogP contribution in [0.15, 0.2) is 28.9 Å².